The molecule has 0 saturated carbocycles. The van der Waals surface area contributed by atoms with Crippen LogP contribution in [0.25, 0.3) is 0 Å². The van der Waals surface area contributed by atoms with E-state index in [2.05, 4.69) is 6.92 Å². The predicted octanol–water partition coefficient (Wildman–Crippen LogP) is 7.02. The summed E-state index contributed by atoms with van der Waals surface area (Å²) >= 11 is 0. The number of carbonyl (C=O) groups excluding carboxylic acids is 1. The molecule has 0 heterocycles. The maximum absolute atomic E-state index is 11.2. The first-order valence-electron chi connectivity index (χ1n) is 12.7. The SMILES string of the molecule is CCCCCCCCCCCCCCCCCCCCCC(N)OC(=O)C(C)O. The molecule has 0 rings (SSSR count). The third-order valence-electron chi connectivity index (χ3n) is 5.70. The Morgan fingerprint density at radius 2 is 1.00 bits per heavy atom. The maximum atomic E-state index is 11.2. The Labute approximate surface area is 181 Å². The van der Waals surface area contributed by atoms with Gasteiger partial charge in [0.1, 0.15) is 6.10 Å². The van der Waals surface area contributed by atoms with E-state index in [-0.39, 0.29) is 0 Å². The van der Waals surface area contributed by atoms with Crippen LogP contribution in [0.15, 0.2) is 0 Å². The monoisotopic (exact) mass is 413 g/mol. The van der Waals surface area contributed by atoms with E-state index in [1.165, 1.54) is 116 Å². The van der Waals surface area contributed by atoms with Gasteiger partial charge in [-0.05, 0) is 19.8 Å². The van der Waals surface area contributed by atoms with Crippen molar-refractivity contribution in [3.8, 4) is 0 Å². The van der Waals surface area contributed by atoms with Gasteiger partial charge in [0, 0.05) is 0 Å². The summed E-state index contributed by atoms with van der Waals surface area (Å²) in [5.41, 5.74) is 5.73. The summed E-state index contributed by atoms with van der Waals surface area (Å²) in [5.74, 6) is -0.629. The lowest BCUT2D eigenvalue weighted by molar-refractivity contribution is -0.158. The molecule has 0 bridgehead atoms. The second-order valence-corrected chi connectivity index (χ2v) is 8.80. The molecule has 0 aliphatic carbocycles. The Hall–Kier alpha value is -0.610. The summed E-state index contributed by atoms with van der Waals surface area (Å²) in [4.78, 5) is 11.2. The van der Waals surface area contributed by atoms with Crippen molar-refractivity contribution >= 4 is 5.97 Å². The van der Waals surface area contributed by atoms with Crippen LogP contribution in [0, 0.1) is 0 Å². The summed E-state index contributed by atoms with van der Waals surface area (Å²) in [5, 5.41) is 9.07. The molecule has 4 heteroatoms. The van der Waals surface area contributed by atoms with Crippen molar-refractivity contribution in [2.45, 2.75) is 155 Å². The van der Waals surface area contributed by atoms with E-state index in [0.717, 1.165) is 12.8 Å². The molecule has 0 amide bonds. The third-order valence-corrected chi connectivity index (χ3v) is 5.70. The Kier molecular flexibility index (Phi) is 21.6. The normalized spacial score (nSPS) is 13.4. The van der Waals surface area contributed by atoms with E-state index in [9.17, 15) is 4.79 Å². The molecule has 0 aliphatic heterocycles. The molecule has 174 valence electrons. The number of ether oxygens (including phenoxy) is 1. The molecular formula is C25H51NO3. The molecule has 2 unspecified atom stereocenters. The minimum Gasteiger partial charge on any atom is -0.445 e. The maximum Gasteiger partial charge on any atom is 0.336 e. The quantitative estimate of drug-likeness (QED) is 0.114. The van der Waals surface area contributed by atoms with Gasteiger partial charge in [0.2, 0.25) is 0 Å². The van der Waals surface area contributed by atoms with E-state index in [1.54, 1.807) is 0 Å². The van der Waals surface area contributed by atoms with Crippen molar-refractivity contribution in [1.82, 2.24) is 0 Å². The summed E-state index contributed by atoms with van der Waals surface area (Å²) in [6.45, 7) is 3.68. The van der Waals surface area contributed by atoms with Gasteiger partial charge in [0.25, 0.3) is 0 Å². The van der Waals surface area contributed by atoms with Crippen molar-refractivity contribution in [3.05, 3.63) is 0 Å². The summed E-state index contributed by atoms with van der Waals surface area (Å²) in [6, 6.07) is 0. The Balaban J connectivity index is 3.14. The highest BCUT2D eigenvalue weighted by molar-refractivity contribution is 5.73. The number of hydrogen-bond donors (Lipinski definition) is 2. The highest BCUT2D eigenvalue weighted by atomic mass is 16.6. The second-order valence-electron chi connectivity index (χ2n) is 8.80. The zero-order valence-corrected chi connectivity index (χ0v) is 19.6. The Morgan fingerprint density at radius 3 is 1.31 bits per heavy atom. The van der Waals surface area contributed by atoms with Crippen molar-refractivity contribution in [3.63, 3.8) is 0 Å². The van der Waals surface area contributed by atoms with E-state index >= 15 is 0 Å². The highest BCUT2D eigenvalue weighted by Crippen LogP contribution is 2.15. The van der Waals surface area contributed by atoms with Crippen molar-refractivity contribution in [2.24, 2.45) is 5.73 Å². The van der Waals surface area contributed by atoms with Gasteiger partial charge in [0.05, 0.1) is 0 Å². The van der Waals surface area contributed by atoms with Crippen LogP contribution >= 0.6 is 0 Å². The van der Waals surface area contributed by atoms with Gasteiger partial charge in [-0.1, -0.05) is 122 Å². The third kappa shape index (κ3) is 21.9. The number of aliphatic hydroxyl groups excluding tert-OH is 1. The van der Waals surface area contributed by atoms with Gasteiger partial charge >= 0.3 is 5.97 Å². The van der Waals surface area contributed by atoms with Crippen LogP contribution in [0.1, 0.15) is 142 Å². The molecule has 0 aromatic rings. The number of unbranched alkanes of at least 4 members (excludes halogenated alkanes) is 18. The zero-order valence-electron chi connectivity index (χ0n) is 19.6. The Bertz CT molecular complexity index is 347. The minimum absolute atomic E-state index is 0.581. The van der Waals surface area contributed by atoms with Gasteiger partial charge in [-0.15, -0.1) is 0 Å². The largest absolute Gasteiger partial charge is 0.445 e. The molecule has 4 nitrogen and oxygen atoms in total. The summed E-state index contributed by atoms with van der Waals surface area (Å²) in [7, 11) is 0. The fourth-order valence-corrected chi connectivity index (χ4v) is 3.73. The highest BCUT2D eigenvalue weighted by Gasteiger charge is 2.14. The van der Waals surface area contributed by atoms with E-state index in [4.69, 9.17) is 15.6 Å². The number of aliphatic hydroxyl groups is 1. The molecule has 29 heavy (non-hydrogen) atoms. The lowest BCUT2D eigenvalue weighted by Gasteiger charge is -2.14. The van der Waals surface area contributed by atoms with Crippen LogP contribution in [-0.2, 0) is 9.53 Å². The molecule has 2 atom stereocenters. The lowest BCUT2D eigenvalue weighted by atomic mass is 10.0. The molecule has 0 aliphatic rings. The second kappa shape index (κ2) is 22.1. The topological polar surface area (TPSA) is 72.5 Å². The average Bonchev–Trinajstić information content (AvgIpc) is 2.69. The van der Waals surface area contributed by atoms with Gasteiger partial charge in [0.15, 0.2) is 6.23 Å². The minimum atomic E-state index is -1.09. The number of carbonyl (C=O) groups is 1. The number of rotatable bonds is 22. The first kappa shape index (κ1) is 28.4. The molecule has 0 spiro atoms. The fraction of sp³-hybridized carbons (Fsp3) is 0.960. The van der Waals surface area contributed by atoms with E-state index < -0.39 is 18.3 Å². The fourth-order valence-electron chi connectivity index (χ4n) is 3.73. The molecule has 0 aromatic carbocycles. The van der Waals surface area contributed by atoms with Gasteiger partial charge in [-0.25, -0.2) is 4.79 Å². The standard InChI is InChI=1S/C25H51NO3/c1-3-4-5-6-7-8-9-10-11-12-13-14-15-16-17-18-19-20-21-22-24(26)29-25(28)23(2)27/h23-24,27H,3-22,26H2,1-2H3. The van der Waals surface area contributed by atoms with Crippen molar-refractivity contribution < 1.29 is 14.6 Å². The van der Waals surface area contributed by atoms with Crippen LogP contribution in [0.2, 0.25) is 0 Å². The molecule has 0 saturated heterocycles. The van der Waals surface area contributed by atoms with Gasteiger partial charge in [-0.3, -0.25) is 5.73 Å². The predicted molar refractivity (Wildman–Crippen MR) is 124 cm³/mol. The molecule has 0 fully saturated rings. The molecular weight excluding hydrogens is 362 g/mol. The van der Waals surface area contributed by atoms with Crippen LogP contribution in [-0.4, -0.2) is 23.4 Å². The smallest absolute Gasteiger partial charge is 0.336 e. The Morgan fingerprint density at radius 1 is 0.690 bits per heavy atom. The summed E-state index contributed by atoms with van der Waals surface area (Å²) in [6.07, 6.45) is 24.8. The first-order chi connectivity index (χ1) is 14.1. The number of esters is 1. The first-order valence-corrected chi connectivity index (χ1v) is 12.7. The van der Waals surface area contributed by atoms with Crippen LogP contribution in [0.3, 0.4) is 0 Å². The van der Waals surface area contributed by atoms with E-state index in [1.807, 2.05) is 0 Å². The van der Waals surface area contributed by atoms with Crippen LogP contribution in [0.4, 0.5) is 0 Å². The number of nitrogens with two attached hydrogens (primary N) is 1. The lowest BCUT2D eigenvalue weighted by Crippen LogP contribution is -2.31. The van der Waals surface area contributed by atoms with Crippen LogP contribution < -0.4 is 5.73 Å². The zero-order chi connectivity index (χ0) is 21.6. The molecule has 3 N–H and O–H groups in total. The molecule has 0 aromatic heterocycles. The average molecular weight is 414 g/mol. The van der Waals surface area contributed by atoms with Gasteiger partial charge in [-0.2, -0.15) is 0 Å². The van der Waals surface area contributed by atoms with E-state index in [0.29, 0.717) is 6.42 Å². The molecule has 0 radical (unpaired) electrons. The summed E-state index contributed by atoms with van der Waals surface area (Å²) < 4.78 is 4.94. The number of hydrogen-bond acceptors (Lipinski definition) is 4. The van der Waals surface area contributed by atoms with Gasteiger partial charge < -0.3 is 9.84 Å². The van der Waals surface area contributed by atoms with Crippen LogP contribution in [0.5, 0.6) is 0 Å². The van der Waals surface area contributed by atoms with Crippen molar-refractivity contribution in [1.29, 1.82) is 0 Å². The van der Waals surface area contributed by atoms with Crippen molar-refractivity contribution in [2.75, 3.05) is 0 Å².